The van der Waals surface area contributed by atoms with Crippen molar-refractivity contribution in [3.63, 3.8) is 0 Å². The molecule has 1 aromatic carbocycles. The zero-order chi connectivity index (χ0) is 31.9. The highest BCUT2D eigenvalue weighted by Crippen LogP contribution is 2.56. The van der Waals surface area contributed by atoms with Crippen molar-refractivity contribution < 1.29 is 22.0 Å². The molecular weight excluding hydrogens is 585 g/mol. The van der Waals surface area contributed by atoms with E-state index in [-0.39, 0.29) is 36.9 Å². The van der Waals surface area contributed by atoms with Gasteiger partial charge in [-0.1, -0.05) is 57.4 Å². The second-order valence-electron chi connectivity index (χ2n) is 13.6. The fourth-order valence-corrected chi connectivity index (χ4v) is 7.43. The number of hydrogen-bond donors (Lipinski definition) is 1. The summed E-state index contributed by atoms with van der Waals surface area (Å²) in [4.78, 5) is 13.0. The Morgan fingerprint density at radius 1 is 0.978 bits per heavy atom. The Bertz CT molecular complexity index is 1430. The lowest BCUT2D eigenvalue weighted by Crippen LogP contribution is -2.47. The van der Waals surface area contributed by atoms with Gasteiger partial charge in [0.05, 0.1) is 23.2 Å². The second kappa shape index (κ2) is 12.6. The van der Waals surface area contributed by atoms with Crippen molar-refractivity contribution in [1.82, 2.24) is 14.9 Å². The first-order valence-corrected chi connectivity index (χ1v) is 16.5. The van der Waals surface area contributed by atoms with Crippen LogP contribution in [0.4, 0.5) is 33.6 Å². The molecule has 0 radical (unpaired) electrons. The Morgan fingerprint density at radius 2 is 1.69 bits per heavy atom. The molecule has 5 heterocycles. The highest BCUT2D eigenvalue weighted by atomic mass is 19.3. The van der Waals surface area contributed by atoms with Crippen LogP contribution in [0, 0.1) is 17.2 Å². The van der Waals surface area contributed by atoms with Gasteiger partial charge >= 0.3 is 0 Å². The fourth-order valence-electron chi connectivity index (χ4n) is 7.43. The molecule has 0 spiro atoms. The van der Waals surface area contributed by atoms with Crippen molar-refractivity contribution >= 4 is 17.7 Å². The molecule has 8 bridgehead atoms. The molecule has 4 aliphatic heterocycles. The lowest BCUT2D eigenvalue weighted by atomic mass is 9.84. The molecule has 0 amide bonds. The van der Waals surface area contributed by atoms with Gasteiger partial charge < -0.3 is 10.2 Å². The minimum atomic E-state index is -3.43. The lowest BCUT2D eigenvalue weighted by Gasteiger charge is -2.40. The van der Waals surface area contributed by atoms with E-state index in [0.717, 1.165) is 61.4 Å². The number of piperidine rings is 1. The van der Waals surface area contributed by atoms with Crippen molar-refractivity contribution in [2.75, 3.05) is 29.9 Å². The quantitative estimate of drug-likeness (QED) is 0.336. The van der Waals surface area contributed by atoms with Crippen molar-refractivity contribution in [3.8, 4) is 0 Å². The van der Waals surface area contributed by atoms with Crippen molar-refractivity contribution in [2.45, 2.75) is 102 Å². The fraction of sp³-hybridized carbons (Fsp3) is 0.600. The van der Waals surface area contributed by atoms with Gasteiger partial charge in [-0.3, -0.25) is 4.90 Å². The smallest absolute Gasteiger partial charge is 0.278 e. The maximum Gasteiger partial charge on any atom is 0.278 e. The normalized spacial score (nSPS) is 28.5. The van der Waals surface area contributed by atoms with Crippen LogP contribution in [-0.4, -0.2) is 47.0 Å². The highest BCUT2D eigenvalue weighted by Gasteiger charge is 2.47. The van der Waals surface area contributed by atoms with E-state index in [1.54, 1.807) is 11.8 Å². The van der Waals surface area contributed by atoms with E-state index in [1.807, 2.05) is 0 Å². The van der Waals surface area contributed by atoms with Gasteiger partial charge in [-0.15, -0.1) is 0 Å². The molecule has 7 rings (SSSR count). The summed E-state index contributed by atoms with van der Waals surface area (Å²) in [6, 6.07) is 2.53. The molecule has 5 nitrogen and oxygen atoms in total. The van der Waals surface area contributed by atoms with Crippen molar-refractivity contribution in [1.29, 1.82) is 0 Å². The van der Waals surface area contributed by atoms with E-state index in [1.165, 1.54) is 18.5 Å². The number of aromatic nitrogens is 2. The topological polar surface area (TPSA) is 44.3 Å². The highest BCUT2D eigenvalue weighted by molar-refractivity contribution is 5.83. The molecule has 2 atom stereocenters. The molecule has 244 valence electrons. The van der Waals surface area contributed by atoms with E-state index in [0.29, 0.717) is 31.0 Å². The average molecular weight is 630 g/mol. The molecule has 1 saturated carbocycles. The molecule has 1 N–H and O–H groups in total. The number of alkyl halides is 4. The van der Waals surface area contributed by atoms with Gasteiger partial charge in [-0.25, -0.2) is 31.9 Å². The second-order valence-corrected chi connectivity index (χ2v) is 13.6. The Labute approximate surface area is 263 Å². The number of nitrogens with zero attached hydrogens (tertiary/aromatic N) is 4. The average Bonchev–Trinajstić information content (AvgIpc) is 3.76. The molecule has 10 heteroatoms. The number of halogens is 5. The number of allylic oxidation sites excluding steroid dienone is 1. The van der Waals surface area contributed by atoms with Crippen LogP contribution in [0.5, 0.6) is 0 Å². The van der Waals surface area contributed by atoms with Gasteiger partial charge in [-0.2, -0.15) is 0 Å². The summed E-state index contributed by atoms with van der Waals surface area (Å²) in [6.07, 6.45) is 7.79. The van der Waals surface area contributed by atoms with E-state index in [2.05, 4.69) is 39.8 Å². The molecule has 45 heavy (non-hydrogen) atoms. The summed E-state index contributed by atoms with van der Waals surface area (Å²) in [7, 11) is 0. The number of anilines is 2. The molecule has 2 fully saturated rings. The van der Waals surface area contributed by atoms with Gasteiger partial charge in [0.2, 0.25) is 0 Å². The molecule has 2 aromatic rings. The molecule has 1 aromatic heterocycles. The Hall–Kier alpha value is -3.01. The first kappa shape index (κ1) is 32.0. The first-order chi connectivity index (χ1) is 21.5. The summed E-state index contributed by atoms with van der Waals surface area (Å²) in [5, 5.41) is 3.31. The monoisotopic (exact) mass is 629 g/mol. The Morgan fingerprint density at radius 3 is 2.40 bits per heavy atom. The summed E-state index contributed by atoms with van der Waals surface area (Å²) in [5.41, 5.74) is 2.32. The predicted molar refractivity (Wildman–Crippen MR) is 168 cm³/mol. The molecule has 1 unspecified atom stereocenters. The van der Waals surface area contributed by atoms with Gasteiger partial charge in [0.1, 0.15) is 23.8 Å². The SMILES string of the molecule is C=C1C(C2(C)CC2)=Cc2c3ncnc2N1CCCCCCCC(C(F)F)N1CCC(CC1)C(F)(F)c1cccc(c1F)[C@@H](C)N3. The summed E-state index contributed by atoms with van der Waals surface area (Å²) in [6.45, 7) is 9.42. The van der Waals surface area contributed by atoms with Crippen molar-refractivity contribution in [3.05, 3.63) is 64.9 Å². The minimum absolute atomic E-state index is 0.0133. The summed E-state index contributed by atoms with van der Waals surface area (Å²) < 4.78 is 76.1. The van der Waals surface area contributed by atoms with Crippen LogP contribution in [-0.2, 0) is 5.92 Å². The van der Waals surface area contributed by atoms with Crippen molar-refractivity contribution in [2.24, 2.45) is 11.3 Å². The van der Waals surface area contributed by atoms with E-state index < -0.39 is 41.7 Å². The Balaban J connectivity index is 1.35. The summed E-state index contributed by atoms with van der Waals surface area (Å²) in [5.74, 6) is -4.28. The van der Waals surface area contributed by atoms with Gasteiger partial charge in [0, 0.05) is 23.7 Å². The van der Waals surface area contributed by atoms with Crippen LogP contribution < -0.4 is 10.2 Å². The largest absolute Gasteiger partial charge is 0.363 e. The molecule has 1 aliphatic carbocycles. The maximum atomic E-state index is 16.0. The first-order valence-electron chi connectivity index (χ1n) is 16.5. The van der Waals surface area contributed by atoms with E-state index in [9.17, 15) is 8.78 Å². The summed E-state index contributed by atoms with van der Waals surface area (Å²) >= 11 is 0. The molecule has 1 saturated heterocycles. The predicted octanol–water partition coefficient (Wildman–Crippen LogP) is 9.10. The van der Waals surface area contributed by atoms with Crippen LogP contribution >= 0.6 is 0 Å². The third kappa shape index (κ3) is 6.23. The minimum Gasteiger partial charge on any atom is -0.363 e. The number of hydrogen-bond acceptors (Lipinski definition) is 5. The maximum absolute atomic E-state index is 16.0. The third-order valence-electron chi connectivity index (χ3n) is 10.6. The number of benzene rings is 1. The van der Waals surface area contributed by atoms with Crippen LogP contribution in [0.25, 0.3) is 6.08 Å². The molecule has 5 aliphatic rings. The standard InChI is InChI=1S/C35H44F5N5/c1-22-25-10-9-11-27(30(25)36)35(39,40)24-13-18-44(19-14-24)29(31(37)38)12-7-5-4-6-8-17-45-23(2)28(34(3)15-16-34)20-26-32(43-22)41-21-42-33(26)45/h9-11,20-22,24,29,31H,2,4-8,12-19H2,1,3H3,(H,41,42,43)/t22-,29?/m1/s1. The van der Waals surface area contributed by atoms with Crippen LogP contribution in [0.2, 0.25) is 0 Å². The zero-order valence-corrected chi connectivity index (χ0v) is 26.3. The van der Waals surface area contributed by atoms with E-state index in [4.69, 9.17) is 0 Å². The Kier molecular flexibility index (Phi) is 8.98. The zero-order valence-electron chi connectivity index (χ0n) is 26.3. The van der Waals surface area contributed by atoms with Gasteiger partial charge in [-0.05, 0) is 75.6 Å². The van der Waals surface area contributed by atoms with Crippen LogP contribution in [0.15, 0.2) is 42.4 Å². The van der Waals surface area contributed by atoms with Gasteiger partial charge in [0.25, 0.3) is 12.3 Å². The number of nitrogens with one attached hydrogen (secondary N) is 1. The van der Waals surface area contributed by atoms with E-state index >= 15 is 13.2 Å². The van der Waals surface area contributed by atoms with Crippen LogP contribution in [0.3, 0.4) is 0 Å². The van der Waals surface area contributed by atoms with Crippen LogP contribution in [0.1, 0.15) is 101 Å². The van der Waals surface area contributed by atoms with Gasteiger partial charge in [0.15, 0.2) is 0 Å². The number of rotatable bonds is 2. The lowest BCUT2D eigenvalue weighted by molar-refractivity contribution is -0.0976. The number of fused-ring (bicyclic) bond motifs is 10. The molecular formula is C35H44F5N5. The third-order valence-corrected chi connectivity index (χ3v) is 10.6.